The maximum Gasteiger partial charge on any atom is 0.269 e. The first-order valence-corrected chi connectivity index (χ1v) is 7.69. The molecule has 2 rings (SSSR count). The van der Waals surface area contributed by atoms with Gasteiger partial charge in [0.05, 0.1) is 4.92 Å². The summed E-state index contributed by atoms with van der Waals surface area (Å²) in [6.07, 6.45) is 1.97. The van der Waals surface area contributed by atoms with E-state index in [2.05, 4.69) is 10.2 Å². The van der Waals surface area contributed by atoms with Crippen LogP contribution in [0.4, 0.5) is 11.4 Å². The average molecular weight is 305 g/mol. The molecule has 120 valence electrons. The summed E-state index contributed by atoms with van der Waals surface area (Å²) in [6, 6.07) is 5.09. The number of nitro groups is 1. The van der Waals surface area contributed by atoms with Crippen LogP contribution in [0.1, 0.15) is 32.3 Å². The molecule has 6 heteroatoms. The Kier molecular flexibility index (Phi) is 5.00. The number of hydrogen-bond donors (Lipinski definition) is 1. The van der Waals surface area contributed by atoms with E-state index in [0.29, 0.717) is 0 Å². The molecule has 22 heavy (non-hydrogen) atoms. The molecule has 0 saturated carbocycles. The zero-order valence-electron chi connectivity index (χ0n) is 13.3. The highest BCUT2D eigenvalue weighted by molar-refractivity contribution is 5.78. The van der Waals surface area contributed by atoms with Crippen molar-refractivity contribution in [3.63, 3.8) is 0 Å². The molecule has 1 saturated heterocycles. The Hall–Kier alpha value is -2.11. The third kappa shape index (κ3) is 3.75. The summed E-state index contributed by atoms with van der Waals surface area (Å²) >= 11 is 0. The number of rotatable bonds is 4. The Balaban J connectivity index is 2.09. The van der Waals surface area contributed by atoms with Gasteiger partial charge in [0.15, 0.2) is 0 Å². The zero-order valence-corrected chi connectivity index (χ0v) is 13.3. The molecular formula is C16H23N3O3. The Bertz CT molecular complexity index is 572. The number of aryl methyl sites for hydroxylation is 1. The van der Waals surface area contributed by atoms with Crippen LogP contribution in [0.15, 0.2) is 18.2 Å². The fourth-order valence-electron chi connectivity index (χ4n) is 2.79. The average Bonchev–Trinajstić information content (AvgIpc) is 2.47. The number of non-ortho nitro benzene ring substituents is 1. The number of nitrogens with one attached hydrogen (secondary N) is 1. The molecule has 1 aromatic rings. The summed E-state index contributed by atoms with van der Waals surface area (Å²) < 4.78 is 0. The van der Waals surface area contributed by atoms with Crippen LogP contribution in [0.2, 0.25) is 0 Å². The van der Waals surface area contributed by atoms with E-state index in [1.807, 2.05) is 20.8 Å². The molecule has 1 aliphatic heterocycles. The molecule has 1 N–H and O–H groups in total. The van der Waals surface area contributed by atoms with Crippen LogP contribution < -0.4 is 10.2 Å². The summed E-state index contributed by atoms with van der Waals surface area (Å²) in [6.45, 7) is 7.31. The molecule has 6 nitrogen and oxygen atoms in total. The normalized spacial score (nSPS) is 18.4. The van der Waals surface area contributed by atoms with E-state index in [1.54, 1.807) is 18.2 Å². The van der Waals surface area contributed by atoms with Crippen molar-refractivity contribution in [1.82, 2.24) is 5.32 Å². The van der Waals surface area contributed by atoms with Crippen LogP contribution >= 0.6 is 0 Å². The summed E-state index contributed by atoms with van der Waals surface area (Å²) in [5.74, 6) is 0.0590. The standard InChI is InChI=1S/C16H23N3O3/c1-11(2)16(20)17-13-5-4-8-18(10-13)15-7-6-14(19(21)22)9-12(15)3/h6-7,9,11,13H,4-5,8,10H2,1-3H3,(H,17,20). The maximum absolute atomic E-state index is 11.8. The Morgan fingerprint density at radius 3 is 2.77 bits per heavy atom. The number of piperidine rings is 1. The predicted molar refractivity (Wildman–Crippen MR) is 86.0 cm³/mol. The number of carbonyl (C=O) groups excluding carboxylic acids is 1. The SMILES string of the molecule is Cc1cc([N+](=O)[O-])ccc1N1CCCC(NC(=O)C(C)C)C1. The minimum atomic E-state index is -0.376. The Morgan fingerprint density at radius 1 is 1.45 bits per heavy atom. The highest BCUT2D eigenvalue weighted by atomic mass is 16.6. The first-order chi connectivity index (χ1) is 10.4. The molecule has 1 atom stereocenters. The maximum atomic E-state index is 11.8. The second-order valence-electron chi connectivity index (χ2n) is 6.18. The third-order valence-corrected chi connectivity index (χ3v) is 4.02. The van der Waals surface area contributed by atoms with Crippen molar-refractivity contribution in [1.29, 1.82) is 0 Å². The van der Waals surface area contributed by atoms with Gasteiger partial charge in [-0.05, 0) is 31.4 Å². The molecule has 1 aromatic carbocycles. The topological polar surface area (TPSA) is 75.5 Å². The first-order valence-electron chi connectivity index (χ1n) is 7.69. The largest absolute Gasteiger partial charge is 0.369 e. The molecule has 1 unspecified atom stereocenters. The minimum Gasteiger partial charge on any atom is -0.369 e. The van der Waals surface area contributed by atoms with Crippen LogP contribution in [0.5, 0.6) is 0 Å². The van der Waals surface area contributed by atoms with E-state index in [-0.39, 0.29) is 28.5 Å². The van der Waals surface area contributed by atoms with Gasteiger partial charge in [-0.1, -0.05) is 13.8 Å². The zero-order chi connectivity index (χ0) is 16.3. The van der Waals surface area contributed by atoms with Crippen molar-refractivity contribution < 1.29 is 9.72 Å². The van der Waals surface area contributed by atoms with Gasteiger partial charge in [-0.2, -0.15) is 0 Å². The number of anilines is 1. The van der Waals surface area contributed by atoms with Gasteiger partial charge in [0.1, 0.15) is 0 Å². The van der Waals surface area contributed by atoms with E-state index in [0.717, 1.165) is 37.2 Å². The Morgan fingerprint density at radius 2 is 2.18 bits per heavy atom. The monoisotopic (exact) mass is 305 g/mol. The summed E-state index contributed by atoms with van der Waals surface area (Å²) in [7, 11) is 0. The van der Waals surface area contributed by atoms with Gasteiger partial charge in [0.25, 0.3) is 5.69 Å². The van der Waals surface area contributed by atoms with Gasteiger partial charge >= 0.3 is 0 Å². The van der Waals surface area contributed by atoms with Crippen LogP contribution in [0.3, 0.4) is 0 Å². The van der Waals surface area contributed by atoms with E-state index >= 15 is 0 Å². The van der Waals surface area contributed by atoms with Crippen LogP contribution in [0, 0.1) is 23.0 Å². The molecule has 0 radical (unpaired) electrons. The molecule has 1 amide bonds. The molecular weight excluding hydrogens is 282 g/mol. The lowest BCUT2D eigenvalue weighted by molar-refractivity contribution is -0.384. The molecule has 1 heterocycles. The highest BCUT2D eigenvalue weighted by Crippen LogP contribution is 2.27. The summed E-state index contributed by atoms with van der Waals surface area (Å²) in [4.78, 5) is 24.5. The van der Waals surface area contributed by atoms with E-state index in [1.165, 1.54) is 0 Å². The van der Waals surface area contributed by atoms with Crippen molar-refractivity contribution >= 4 is 17.3 Å². The number of nitrogens with zero attached hydrogens (tertiary/aromatic N) is 2. The number of amides is 1. The third-order valence-electron chi connectivity index (χ3n) is 4.02. The molecule has 0 spiro atoms. The fraction of sp³-hybridized carbons (Fsp3) is 0.562. The second-order valence-corrected chi connectivity index (χ2v) is 6.18. The molecule has 0 bridgehead atoms. The molecule has 1 aliphatic rings. The number of hydrogen-bond acceptors (Lipinski definition) is 4. The van der Waals surface area contributed by atoms with Gasteiger partial charge in [-0.15, -0.1) is 0 Å². The summed E-state index contributed by atoms with van der Waals surface area (Å²) in [5, 5.41) is 13.9. The van der Waals surface area contributed by atoms with Crippen LogP contribution in [-0.4, -0.2) is 30.0 Å². The fourth-order valence-corrected chi connectivity index (χ4v) is 2.79. The van der Waals surface area contributed by atoms with Crippen molar-refractivity contribution in [2.24, 2.45) is 5.92 Å². The highest BCUT2D eigenvalue weighted by Gasteiger charge is 2.23. The molecule has 0 aromatic heterocycles. The molecule has 1 fully saturated rings. The molecule has 0 aliphatic carbocycles. The van der Waals surface area contributed by atoms with Crippen molar-refractivity contribution in [2.45, 2.75) is 39.7 Å². The lowest BCUT2D eigenvalue weighted by atomic mass is 10.0. The second kappa shape index (κ2) is 6.77. The lowest BCUT2D eigenvalue weighted by Crippen LogP contribution is -2.49. The summed E-state index contributed by atoms with van der Waals surface area (Å²) in [5.41, 5.74) is 2.02. The van der Waals surface area contributed by atoms with Crippen LogP contribution in [0.25, 0.3) is 0 Å². The number of nitro benzene ring substituents is 1. The van der Waals surface area contributed by atoms with Crippen molar-refractivity contribution in [2.75, 3.05) is 18.0 Å². The van der Waals surface area contributed by atoms with Gasteiger partial charge < -0.3 is 10.2 Å². The number of carbonyl (C=O) groups is 1. The smallest absolute Gasteiger partial charge is 0.269 e. The number of benzene rings is 1. The van der Waals surface area contributed by atoms with Gasteiger partial charge in [0, 0.05) is 42.9 Å². The first kappa shape index (κ1) is 16.3. The van der Waals surface area contributed by atoms with Gasteiger partial charge in [0.2, 0.25) is 5.91 Å². The van der Waals surface area contributed by atoms with E-state index in [9.17, 15) is 14.9 Å². The quantitative estimate of drug-likeness (QED) is 0.685. The van der Waals surface area contributed by atoms with Crippen LogP contribution in [-0.2, 0) is 4.79 Å². The minimum absolute atomic E-state index is 0.0171. The van der Waals surface area contributed by atoms with Gasteiger partial charge in [-0.25, -0.2) is 0 Å². The van der Waals surface area contributed by atoms with Crippen molar-refractivity contribution in [3.05, 3.63) is 33.9 Å². The predicted octanol–water partition coefficient (Wildman–Crippen LogP) is 2.64. The van der Waals surface area contributed by atoms with E-state index < -0.39 is 0 Å². The van der Waals surface area contributed by atoms with Gasteiger partial charge in [-0.3, -0.25) is 14.9 Å². The van der Waals surface area contributed by atoms with E-state index in [4.69, 9.17) is 0 Å². The lowest BCUT2D eigenvalue weighted by Gasteiger charge is -2.35. The van der Waals surface area contributed by atoms with Crippen molar-refractivity contribution in [3.8, 4) is 0 Å². The Labute approximate surface area is 130 Å².